The van der Waals surface area contributed by atoms with E-state index in [1.165, 1.54) is 18.2 Å². The van der Waals surface area contributed by atoms with E-state index in [2.05, 4.69) is 0 Å². The number of nitrogens with two attached hydrogens (primary N) is 2. The number of quaternary nitrogens is 1. The Morgan fingerprint density at radius 2 is 1.55 bits per heavy atom. The first-order valence-corrected chi connectivity index (χ1v) is 12.6. The number of allylic oxidation sites excluding steroid dienone is 1. The number of benzene rings is 2. The lowest BCUT2D eigenvalue weighted by atomic mass is 9.95. The molecule has 0 heterocycles. The van der Waals surface area contributed by atoms with Crippen LogP contribution in [0, 0.1) is 11.6 Å². The molecule has 1 saturated carbocycles. The van der Waals surface area contributed by atoms with E-state index in [1.807, 2.05) is 0 Å². The van der Waals surface area contributed by atoms with E-state index in [9.17, 15) is 31.5 Å². The zero-order valence-corrected chi connectivity index (χ0v) is 21.6. The molecule has 1 amide bonds. The van der Waals surface area contributed by atoms with E-state index in [0.29, 0.717) is 25.1 Å². The standard InChI is InChI=1S/C26H24Cl2F5N3O2/c27-17-8-16(9-18(28)10-17)23(37)14-36(13-15-6-19(29)11-20(30)7-15)25(38)22(12-34)24(26(31,32)33)35-21-4-2-1-3-5-21/h6-12,21,34-35H,1-5,13-14H2/p+2/b24-22+,34-12?. The maximum absolute atomic E-state index is 14.2. The van der Waals surface area contributed by atoms with Gasteiger partial charge in [-0.15, -0.1) is 0 Å². The van der Waals surface area contributed by atoms with Gasteiger partial charge in [-0.1, -0.05) is 29.6 Å². The number of alkyl halides is 3. The van der Waals surface area contributed by atoms with Crippen LogP contribution in [0.5, 0.6) is 0 Å². The van der Waals surface area contributed by atoms with Crippen LogP contribution in [0.1, 0.15) is 48.0 Å². The molecule has 0 radical (unpaired) electrons. The van der Waals surface area contributed by atoms with Crippen molar-refractivity contribution < 1.29 is 42.3 Å². The molecular formula is C26H26Cl2F5N3O2+2. The first-order chi connectivity index (χ1) is 17.9. The molecule has 0 saturated heterocycles. The van der Waals surface area contributed by atoms with Crippen molar-refractivity contribution >= 4 is 41.1 Å². The predicted molar refractivity (Wildman–Crippen MR) is 132 cm³/mol. The third-order valence-corrected chi connectivity index (χ3v) is 6.58. The van der Waals surface area contributed by atoms with Gasteiger partial charge in [0.2, 0.25) is 5.70 Å². The molecule has 204 valence electrons. The number of rotatable bonds is 9. The van der Waals surface area contributed by atoms with Crippen molar-refractivity contribution in [2.45, 2.75) is 50.9 Å². The Labute approximate surface area is 226 Å². The van der Waals surface area contributed by atoms with Crippen LogP contribution >= 0.6 is 23.2 Å². The Balaban J connectivity index is 2.03. The van der Waals surface area contributed by atoms with Crippen molar-refractivity contribution in [2.75, 3.05) is 6.54 Å². The third-order valence-electron chi connectivity index (χ3n) is 6.15. The molecule has 0 bridgehead atoms. The summed E-state index contributed by atoms with van der Waals surface area (Å²) in [6.45, 7) is -1.31. The molecule has 2 aromatic rings. The van der Waals surface area contributed by atoms with Crippen LogP contribution in [-0.4, -0.2) is 41.6 Å². The van der Waals surface area contributed by atoms with Gasteiger partial charge in [-0.05, 0) is 61.6 Å². The molecule has 1 aliphatic carbocycles. The summed E-state index contributed by atoms with van der Waals surface area (Å²) >= 11 is 11.9. The predicted octanol–water partition coefficient (Wildman–Crippen LogP) is 4.03. The van der Waals surface area contributed by atoms with E-state index < -0.39 is 59.9 Å². The smallest absolute Gasteiger partial charge is 0.326 e. The molecule has 12 heteroatoms. The zero-order chi connectivity index (χ0) is 28.0. The molecular weight excluding hydrogens is 552 g/mol. The molecule has 3 rings (SSSR count). The molecule has 0 atom stereocenters. The summed E-state index contributed by atoms with van der Waals surface area (Å²) in [7, 11) is 0. The van der Waals surface area contributed by atoms with Gasteiger partial charge in [0.25, 0.3) is 5.91 Å². The lowest BCUT2D eigenvalue weighted by Gasteiger charge is -2.25. The van der Waals surface area contributed by atoms with Crippen LogP contribution in [0.4, 0.5) is 22.0 Å². The van der Waals surface area contributed by atoms with E-state index in [1.54, 1.807) is 0 Å². The molecule has 4 N–H and O–H groups in total. The monoisotopic (exact) mass is 577 g/mol. The summed E-state index contributed by atoms with van der Waals surface area (Å²) in [5, 5.41) is 6.81. The normalized spacial score (nSPS) is 15.1. The van der Waals surface area contributed by atoms with Gasteiger partial charge in [0, 0.05) is 28.2 Å². The van der Waals surface area contributed by atoms with Gasteiger partial charge >= 0.3 is 6.18 Å². The summed E-state index contributed by atoms with van der Waals surface area (Å²) in [6, 6.07) is 5.98. The maximum atomic E-state index is 14.2. The average molecular weight is 578 g/mol. The number of amides is 1. The van der Waals surface area contributed by atoms with Crippen molar-refractivity contribution in [1.82, 2.24) is 4.90 Å². The molecule has 1 fully saturated rings. The summed E-state index contributed by atoms with van der Waals surface area (Å²) in [5.41, 5.74) is -2.16. The Bertz CT molecular complexity index is 1200. The van der Waals surface area contributed by atoms with E-state index in [-0.39, 0.29) is 21.2 Å². The molecule has 1 aliphatic rings. The number of Topliss-reactive ketones (excluding diaryl/α,β-unsaturated/α-hetero) is 1. The largest absolute Gasteiger partial charge is 0.467 e. The first-order valence-electron chi connectivity index (χ1n) is 11.8. The SMILES string of the molecule is [NH2+]=C/C(C(=O)N(CC(=O)c1cc(Cl)cc(Cl)c1)Cc1cc(F)cc(F)c1)=C(\[NH2+]C1CCCCC1)C(F)(F)F. The second kappa shape index (κ2) is 12.8. The highest BCUT2D eigenvalue weighted by Crippen LogP contribution is 2.26. The summed E-state index contributed by atoms with van der Waals surface area (Å²) < 4.78 is 70.1. The van der Waals surface area contributed by atoms with E-state index in [4.69, 9.17) is 28.6 Å². The Morgan fingerprint density at radius 3 is 2.08 bits per heavy atom. The van der Waals surface area contributed by atoms with Gasteiger partial charge in [-0.3, -0.25) is 15.0 Å². The lowest BCUT2D eigenvalue weighted by Crippen LogP contribution is -2.91. The average Bonchev–Trinajstić information content (AvgIpc) is 2.82. The number of hydrogen-bond donors (Lipinski definition) is 2. The minimum atomic E-state index is -4.92. The van der Waals surface area contributed by atoms with Crippen molar-refractivity contribution in [3.05, 3.63) is 80.5 Å². The Kier molecular flexibility index (Phi) is 10.0. The first kappa shape index (κ1) is 29.7. The fraction of sp³-hybridized carbons (Fsp3) is 0.346. The quantitative estimate of drug-likeness (QED) is 0.204. The number of halogens is 7. The fourth-order valence-corrected chi connectivity index (χ4v) is 4.95. The van der Waals surface area contributed by atoms with Gasteiger partial charge < -0.3 is 10.2 Å². The molecule has 2 aromatic carbocycles. The summed E-state index contributed by atoms with van der Waals surface area (Å²) in [4.78, 5) is 27.3. The molecule has 38 heavy (non-hydrogen) atoms. The fourth-order valence-electron chi connectivity index (χ4n) is 4.42. The second-order valence-corrected chi connectivity index (χ2v) is 9.95. The maximum Gasteiger partial charge on any atom is 0.467 e. The van der Waals surface area contributed by atoms with Crippen LogP contribution in [0.15, 0.2) is 47.7 Å². The minimum Gasteiger partial charge on any atom is -0.326 e. The van der Waals surface area contributed by atoms with Crippen molar-refractivity contribution in [2.24, 2.45) is 0 Å². The lowest BCUT2D eigenvalue weighted by molar-refractivity contribution is -0.663. The van der Waals surface area contributed by atoms with E-state index >= 15 is 0 Å². The number of ketones is 1. The molecule has 0 aromatic heterocycles. The highest BCUT2D eigenvalue weighted by Gasteiger charge is 2.45. The van der Waals surface area contributed by atoms with Gasteiger partial charge in [0.05, 0.1) is 12.6 Å². The van der Waals surface area contributed by atoms with E-state index in [0.717, 1.165) is 41.6 Å². The van der Waals surface area contributed by atoms with Crippen LogP contribution in [0.3, 0.4) is 0 Å². The van der Waals surface area contributed by atoms with Gasteiger partial charge in [0.1, 0.15) is 11.6 Å². The molecule has 0 aliphatic heterocycles. The number of carbonyl (C=O) groups is 2. The van der Waals surface area contributed by atoms with Crippen molar-refractivity contribution in [3.63, 3.8) is 0 Å². The van der Waals surface area contributed by atoms with Crippen LogP contribution in [0.2, 0.25) is 10.0 Å². The topological polar surface area (TPSA) is 79.6 Å². The summed E-state index contributed by atoms with van der Waals surface area (Å²) in [5.74, 6) is -3.84. The minimum absolute atomic E-state index is 0.00204. The van der Waals surface area contributed by atoms with Crippen molar-refractivity contribution in [1.29, 1.82) is 0 Å². The Morgan fingerprint density at radius 1 is 0.974 bits per heavy atom. The molecule has 0 unspecified atom stereocenters. The molecule has 5 nitrogen and oxygen atoms in total. The second-order valence-electron chi connectivity index (χ2n) is 9.08. The third kappa shape index (κ3) is 8.09. The summed E-state index contributed by atoms with van der Waals surface area (Å²) in [6.07, 6.45) is -0.870. The Hall–Kier alpha value is -2.82. The molecule has 0 spiro atoms. The van der Waals surface area contributed by atoms with Crippen LogP contribution < -0.4 is 10.7 Å². The van der Waals surface area contributed by atoms with Gasteiger partial charge in [-0.25, -0.2) is 8.78 Å². The van der Waals surface area contributed by atoms with Crippen LogP contribution in [-0.2, 0) is 11.3 Å². The van der Waals surface area contributed by atoms with Gasteiger partial charge in [0.15, 0.2) is 17.6 Å². The van der Waals surface area contributed by atoms with Crippen molar-refractivity contribution in [3.8, 4) is 0 Å². The highest BCUT2D eigenvalue weighted by atomic mass is 35.5. The zero-order valence-electron chi connectivity index (χ0n) is 20.1. The number of hydrogen-bond acceptors (Lipinski definition) is 2. The van der Waals surface area contributed by atoms with Gasteiger partial charge in [-0.2, -0.15) is 13.2 Å². The van der Waals surface area contributed by atoms with Crippen LogP contribution in [0.25, 0.3) is 0 Å². The highest BCUT2D eigenvalue weighted by molar-refractivity contribution is 6.35. The number of carbonyl (C=O) groups excluding carboxylic acids is 2. The number of nitrogens with zero attached hydrogens (tertiary/aromatic N) is 1.